The van der Waals surface area contributed by atoms with Gasteiger partial charge in [0.2, 0.25) is 0 Å². The molecule has 0 aromatic heterocycles. The third-order valence-corrected chi connectivity index (χ3v) is 5.10. The molecule has 0 saturated carbocycles. The summed E-state index contributed by atoms with van der Waals surface area (Å²) in [5.41, 5.74) is 6.33. The van der Waals surface area contributed by atoms with Crippen LogP contribution in [0.5, 0.6) is 5.75 Å². The molecule has 0 spiro atoms. The summed E-state index contributed by atoms with van der Waals surface area (Å²) < 4.78 is 30.1. The maximum absolute atomic E-state index is 12.5. The zero-order valence-corrected chi connectivity index (χ0v) is 13.5. The van der Waals surface area contributed by atoms with Gasteiger partial charge in [-0.25, -0.2) is 8.42 Å². The topological polar surface area (TPSA) is 69.4 Å². The molecule has 0 amide bonds. The third kappa shape index (κ3) is 3.61. The molecule has 0 radical (unpaired) electrons. The molecular formula is C14H13Cl2NO3S. The highest BCUT2D eigenvalue weighted by Gasteiger charge is 2.21. The molecule has 0 aliphatic rings. The number of hydrogen-bond donors (Lipinski definition) is 1. The molecule has 0 heterocycles. The number of nitrogen functional groups attached to an aromatic ring is 1. The summed E-state index contributed by atoms with van der Waals surface area (Å²) in [5.74, 6) is 0.193. The second-order valence-corrected chi connectivity index (χ2v) is 7.23. The van der Waals surface area contributed by atoms with E-state index in [0.29, 0.717) is 21.4 Å². The highest BCUT2D eigenvalue weighted by atomic mass is 35.5. The van der Waals surface area contributed by atoms with Gasteiger partial charge in [-0.2, -0.15) is 0 Å². The van der Waals surface area contributed by atoms with Crippen molar-refractivity contribution in [1.82, 2.24) is 0 Å². The molecule has 0 atom stereocenters. The van der Waals surface area contributed by atoms with Crippen molar-refractivity contribution < 1.29 is 13.2 Å². The zero-order valence-electron chi connectivity index (χ0n) is 11.1. The summed E-state index contributed by atoms with van der Waals surface area (Å²) in [6, 6.07) is 9.10. The van der Waals surface area contributed by atoms with Crippen molar-refractivity contribution in [2.75, 3.05) is 12.8 Å². The lowest BCUT2D eigenvalue weighted by Crippen LogP contribution is -2.09. The Morgan fingerprint density at radius 3 is 2.33 bits per heavy atom. The standard InChI is InChI=1S/C14H13Cl2NO3S/c1-20-13-4-2-10(15)6-9(13)8-21(18,19)14-5-3-11(16)7-12(14)17/h2-7H,8,17H2,1H3. The van der Waals surface area contributed by atoms with Crippen molar-refractivity contribution >= 4 is 38.7 Å². The summed E-state index contributed by atoms with van der Waals surface area (Å²) >= 11 is 11.7. The number of anilines is 1. The summed E-state index contributed by atoms with van der Waals surface area (Å²) in [6.45, 7) is 0. The highest BCUT2D eigenvalue weighted by molar-refractivity contribution is 7.90. The van der Waals surface area contributed by atoms with E-state index in [4.69, 9.17) is 33.7 Å². The lowest BCUT2D eigenvalue weighted by molar-refractivity contribution is 0.411. The molecule has 2 aromatic carbocycles. The summed E-state index contributed by atoms with van der Waals surface area (Å²) in [6.07, 6.45) is 0. The average Bonchev–Trinajstić information content (AvgIpc) is 2.37. The van der Waals surface area contributed by atoms with Gasteiger partial charge in [0.1, 0.15) is 5.75 Å². The van der Waals surface area contributed by atoms with Gasteiger partial charge in [0.05, 0.1) is 23.4 Å². The number of rotatable bonds is 4. The second kappa shape index (κ2) is 6.13. The Bertz CT molecular complexity index is 776. The Labute approximate surface area is 133 Å². The van der Waals surface area contributed by atoms with E-state index in [0.717, 1.165) is 0 Å². The molecule has 7 heteroatoms. The monoisotopic (exact) mass is 345 g/mol. The maximum atomic E-state index is 12.5. The first kappa shape index (κ1) is 15.9. The van der Waals surface area contributed by atoms with Gasteiger partial charge in [-0.15, -0.1) is 0 Å². The SMILES string of the molecule is COc1ccc(Cl)cc1CS(=O)(=O)c1ccc(Cl)cc1N. The Morgan fingerprint density at radius 1 is 1.10 bits per heavy atom. The van der Waals surface area contributed by atoms with Crippen LogP contribution in [0.1, 0.15) is 5.56 Å². The highest BCUT2D eigenvalue weighted by Crippen LogP contribution is 2.29. The minimum absolute atomic E-state index is 0.0360. The van der Waals surface area contributed by atoms with Crippen LogP contribution in [0.3, 0.4) is 0 Å². The van der Waals surface area contributed by atoms with Crippen LogP contribution in [0.2, 0.25) is 10.0 Å². The van der Waals surface area contributed by atoms with Crippen molar-refractivity contribution in [1.29, 1.82) is 0 Å². The molecule has 21 heavy (non-hydrogen) atoms. The van der Waals surface area contributed by atoms with E-state index in [1.165, 1.54) is 25.3 Å². The molecule has 0 saturated heterocycles. The summed E-state index contributed by atoms with van der Waals surface area (Å²) in [7, 11) is -2.16. The van der Waals surface area contributed by atoms with Crippen molar-refractivity contribution in [3.8, 4) is 5.75 Å². The van der Waals surface area contributed by atoms with Gasteiger partial charge < -0.3 is 10.5 Å². The number of benzene rings is 2. The molecule has 0 bridgehead atoms. The van der Waals surface area contributed by atoms with E-state index in [2.05, 4.69) is 0 Å². The van der Waals surface area contributed by atoms with E-state index in [1.807, 2.05) is 0 Å². The predicted octanol–water partition coefficient (Wildman–Crippen LogP) is 3.56. The van der Waals surface area contributed by atoms with E-state index in [9.17, 15) is 8.42 Å². The van der Waals surface area contributed by atoms with E-state index in [1.54, 1.807) is 18.2 Å². The van der Waals surface area contributed by atoms with Gasteiger partial charge in [-0.1, -0.05) is 23.2 Å². The Hall–Kier alpha value is -1.43. The number of nitrogens with two attached hydrogens (primary N) is 1. The van der Waals surface area contributed by atoms with E-state index >= 15 is 0 Å². The smallest absolute Gasteiger partial charge is 0.184 e. The van der Waals surface area contributed by atoms with Crippen molar-refractivity contribution in [3.05, 3.63) is 52.0 Å². The average molecular weight is 346 g/mol. The zero-order chi connectivity index (χ0) is 15.6. The molecule has 112 valence electrons. The fourth-order valence-corrected chi connectivity index (χ4v) is 3.80. The van der Waals surface area contributed by atoms with Gasteiger partial charge >= 0.3 is 0 Å². The molecule has 2 rings (SSSR count). The van der Waals surface area contributed by atoms with Crippen molar-refractivity contribution in [2.24, 2.45) is 0 Å². The van der Waals surface area contributed by atoms with Crippen molar-refractivity contribution in [3.63, 3.8) is 0 Å². The van der Waals surface area contributed by atoms with Crippen LogP contribution in [0.15, 0.2) is 41.3 Å². The van der Waals surface area contributed by atoms with Crippen LogP contribution >= 0.6 is 23.2 Å². The number of ether oxygens (including phenoxy) is 1. The lowest BCUT2D eigenvalue weighted by atomic mass is 10.2. The van der Waals surface area contributed by atoms with Crippen LogP contribution in [0.4, 0.5) is 5.69 Å². The first-order valence-electron chi connectivity index (χ1n) is 5.93. The van der Waals surface area contributed by atoms with E-state index < -0.39 is 9.84 Å². The third-order valence-electron chi connectivity index (χ3n) is 2.89. The van der Waals surface area contributed by atoms with Gasteiger partial charge in [0, 0.05) is 15.6 Å². The molecule has 2 aromatic rings. The maximum Gasteiger partial charge on any atom is 0.184 e. The van der Waals surface area contributed by atoms with E-state index in [-0.39, 0.29) is 16.3 Å². The van der Waals surface area contributed by atoms with Crippen molar-refractivity contribution in [2.45, 2.75) is 10.6 Å². The van der Waals surface area contributed by atoms with Gasteiger partial charge in [0.15, 0.2) is 9.84 Å². The van der Waals surface area contributed by atoms with Crippen LogP contribution in [0.25, 0.3) is 0 Å². The number of hydrogen-bond acceptors (Lipinski definition) is 4. The predicted molar refractivity (Wildman–Crippen MR) is 84.8 cm³/mol. The van der Waals surface area contributed by atoms with Crippen LogP contribution in [0, 0.1) is 0 Å². The summed E-state index contributed by atoms with van der Waals surface area (Å²) in [5, 5.41) is 0.817. The Morgan fingerprint density at radius 2 is 1.71 bits per heavy atom. The minimum Gasteiger partial charge on any atom is -0.496 e. The molecule has 4 nitrogen and oxygen atoms in total. The number of methoxy groups -OCH3 is 1. The first-order chi connectivity index (χ1) is 9.83. The van der Waals surface area contributed by atoms with Crippen LogP contribution < -0.4 is 10.5 Å². The lowest BCUT2D eigenvalue weighted by Gasteiger charge is -2.11. The van der Waals surface area contributed by atoms with Gasteiger partial charge in [-0.05, 0) is 36.4 Å². The molecule has 0 aliphatic carbocycles. The first-order valence-corrected chi connectivity index (χ1v) is 8.34. The fraction of sp³-hybridized carbons (Fsp3) is 0.143. The molecule has 0 fully saturated rings. The molecular weight excluding hydrogens is 333 g/mol. The quantitative estimate of drug-likeness (QED) is 0.860. The van der Waals surface area contributed by atoms with Gasteiger partial charge in [-0.3, -0.25) is 0 Å². The molecule has 2 N–H and O–H groups in total. The molecule has 0 unspecified atom stereocenters. The largest absolute Gasteiger partial charge is 0.496 e. The Balaban J connectivity index is 2.44. The molecule has 0 aliphatic heterocycles. The minimum atomic E-state index is -3.63. The second-order valence-electron chi connectivity index (χ2n) is 4.40. The number of sulfone groups is 1. The Kier molecular flexibility index (Phi) is 4.66. The number of halogens is 2. The van der Waals surface area contributed by atoms with Gasteiger partial charge in [0.25, 0.3) is 0 Å². The van der Waals surface area contributed by atoms with Crippen LogP contribution in [-0.2, 0) is 15.6 Å². The van der Waals surface area contributed by atoms with Crippen LogP contribution in [-0.4, -0.2) is 15.5 Å². The normalized spacial score (nSPS) is 11.4. The fourth-order valence-electron chi connectivity index (χ4n) is 1.94. The summed E-state index contributed by atoms with van der Waals surface area (Å²) in [4.78, 5) is 0.0360.